The van der Waals surface area contributed by atoms with Gasteiger partial charge in [0.2, 0.25) is 0 Å². The predicted molar refractivity (Wildman–Crippen MR) is 93.2 cm³/mol. The number of hydrogen-bond acceptors (Lipinski definition) is 5. The molecule has 0 aromatic rings. The van der Waals surface area contributed by atoms with E-state index in [1.165, 1.54) is 37.0 Å². The first-order chi connectivity index (χ1) is 9.84. The maximum atomic E-state index is 8.39. The first kappa shape index (κ1) is 29.2. The molecule has 9 heteroatoms. The minimum absolute atomic E-state index is 0.446. The van der Waals surface area contributed by atoms with Gasteiger partial charge in [0.25, 0.3) is 0 Å². The topological polar surface area (TPSA) is 95.6 Å². The zero-order valence-electron chi connectivity index (χ0n) is 14.0. The standard InChI is InChI=1S/2C6H15P.NO3.NO.Ni/c2*1-4-7(5-2)6-3;2-1(3)4;1-2;/h2*4-6H2,1-3H3;;;/q;;2*-1;+2. The number of nitroso groups, excluding NO2 is 1. The van der Waals surface area contributed by atoms with Crippen LogP contribution in [0.4, 0.5) is 0 Å². The Morgan fingerprint density at radius 3 is 0.905 bits per heavy atom. The van der Waals surface area contributed by atoms with Gasteiger partial charge in [-0.2, -0.15) is 0 Å². The van der Waals surface area contributed by atoms with Gasteiger partial charge >= 0.3 is 24.8 Å². The summed E-state index contributed by atoms with van der Waals surface area (Å²) in [7, 11) is 0.892. The molecule has 132 valence electrons. The second kappa shape index (κ2) is 28.3. The van der Waals surface area contributed by atoms with Gasteiger partial charge < -0.3 is 15.3 Å². The third kappa shape index (κ3) is 45.0. The van der Waals surface area contributed by atoms with Gasteiger partial charge in [0.15, 0.2) is 0 Å². The summed E-state index contributed by atoms with van der Waals surface area (Å²) in [5, 5.41) is 14.8. The van der Waals surface area contributed by atoms with E-state index < -0.39 is 5.09 Å². The van der Waals surface area contributed by atoms with Gasteiger partial charge in [-0.25, -0.2) is 0 Å². The zero-order valence-corrected chi connectivity index (χ0v) is 16.8. The summed E-state index contributed by atoms with van der Waals surface area (Å²) in [5.41, 5.74) is 0. The SMILES string of the molecule is CCP(CC)CC.CCP(CC)CC.O=[N+]([O-])[O-].O=[N][Ni+]. The van der Waals surface area contributed by atoms with Gasteiger partial charge in [0, 0.05) is 0 Å². The van der Waals surface area contributed by atoms with Gasteiger partial charge in [-0.3, -0.25) is 0 Å². The van der Waals surface area contributed by atoms with Crippen LogP contribution >= 0.6 is 15.8 Å². The quantitative estimate of drug-likeness (QED) is 0.210. The molecule has 0 heterocycles. The van der Waals surface area contributed by atoms with E-state index in [-0.39, 0.29) is 0 Å². The van der Waals surface area contributed by atoms with Crippen LogP contribution in [-0.4, -0.2) is 42.1 Å². The van der Waals surface area contributed by atoms with Gasteiger partial charge in [-0.15, -0.1) is 15.8 Å². The van der Waals surface area contributed by atoms with Crippen molar-refractivity contribution in [3.63, 3.8) is 0 Å². The van der Waals surface area contributed by atoms with Crippen LogP contribution in [0.5, 0.6) is 0 Å². The molecule has 6 nitrogen and oxygen atoms in total. The third-order valence-corrected chi connectivity index (χ3v) is 8.05. The van der Waals surface area contributed by atoms with Crippen molar-refractivity contribution in [3.05, 3.63) is 20.2 Å². The van der Waals surface area contributed by atoms with Crippen molar-refractivity contribution in [1.29, 1.82) is 0 Å². The Bertz CT molecular complexity index is 181. The van der Waals surface area contributed by atoms with E-state index in [1.807, 2.05) is 4.26 Å². The summed E-state index contributed by atoms with van der Waals surface area (Å²) >= 11 is 3.24. The molecule has 0 unspecified atom stereocenters. The predicted octanol–water partition coefficient (Wildman–Crippen LogP) is 5.03. The molecule has 0 rings (SSSR count). The van der Waals surface area contributed by atoms with Crippen LogP contribution in [-0.2, 0) is 15.7 Å². The summed E-state index contributed by atoms with van der Waals surface area (Å²) in [6, 6.07) is 0. The maximum absolute atomic E-state index is 8.39. The summed E-state index contributed by atoms with van der Waals surface area (Å²) in [6.07, 6.45) is 8.51. The van der Waals surface area contributed by atoms with Crippen LogP contribution in [0, 0.1) is 20.2 Å². The van der Waals surface area contributed by atoms with Crippen molar-refractivity contribution in [2.45, 2.75) is 41.5 Å². The van der Waals surface area contributed by atoms with Crippen LogP contribution in [0.15, 0.2) is 4.26 Å². The van der Waals surface area contributed by atoms with Crippen LogP contribution in [0.1, 0.15) is 41.5 Å². The molecular weight excluding hydrogens is 357 g/mol. The molecule has 0 saturated heterocycles. The summed E-state index contributed by atoms with van der Waals surface area (Å²) in [6.45, 7) is 13.7. The van der Waals surface area contributed by atoms with Crippen LogP contribution in [0.2, 0.25) is 0 Å². The Kier molecular flexibility index (Phi) is 39.4. The molecule has 0 saturated carbocycles. The Labute approximate surface area is 140 Å². The normalized spacial score (nSPS) is 8.67. The second-order valence-corrected chi connectivity index (χ2v) is 10.2. The first-order valence-corrected chi connectivity index (χ1v) is 11.2. The third-order valence-electron chi connectivity index (χ3n) is 2.68. The average Bonchev–Trinajstić information content (AvgIpc) is 2.44. The second-order valence-electron chi connectivity index (χ2n) is 3.52. The van der Waals surface area contributed by atoms with Crippen molar-refractivity contribution in [2.24, 2.45) is 4.26 Å². The molecule has 0 amide bonds. The van der Waals surface area contributed by atoms with Crippen molar-refractivity contribution in [1.82, 2.24) is 0 Å². The number of hydrogen-bond donors (Lipinski definition) is 0. The molecule has 0 N–H and O–H groups in total. The fourth-order valence-corrected chi connectivity index (χ4v) is 4.02. The Hall–Kier alpha value is 0.154. The van der Waals surface area contributed by atoms with E-state index in [0.717, 1.165) is 0 Å². The van der Waals surface area contributed by atoms with Gasteiger partial charge in [0.05, 0.1) is 5.09 Å². The average molecular weight is 387 g/mol. The van der Waals surface area contributed by atoms with E-state index in [9.17, 15) is 0 Å². The Morgan fingerprint density at radius 2 is 0.905 bits per heavy atom. The minimum atomic E-state index is -1.75. The molecule has 21 heavy (non-hydrogen) atoms. The molecule has 0 atom stereocenters. The fourth-order valence-electron chi connectivity index (χ4n) is 1.34. The van der Waals surface area contributed by atoms with Crippen molar-refractivity contribution < 1.29 is 20.8 Å². The summed E-state index contributed by atoms with van der Waals surface area (Å²) < 4.78 is 1.88. The fraction of sp³-hybridized carbons (Fsp3) is 1.00. The van der Waals surface area contributed by atoms with E-state index in [4.69, 9.17) is 20.2 Å². The molecule has 0 aliphatic carbocycles. The molecule has 0 spiro atoms. The summed E-state index contributed by atoms with van der Waals surface area (Å²) in [5.74, 6) is 0. The molecule has 0 aromatic carbocycles. The van der Waals surface area contributed by atoms with Crippen LogP contribution in [0.25, 0.3) is 0 Å². The number of rotatable bonds is 6. The Morgan fingerprint density at radius 1 is 0.810 bits per heavy atom. The molecule has 0 aromatic heterocycles. The van der Waals surface area contributed by atoms with Crippen molar-refractivity contribution in [2.75, 3.05) is 37.0 Å². The van der Waals surface area contributed by atoms with Crippen molar-refractivity contribution in [3.8, 4) is 0 Å². The van der Waals surface area contributed by atoms with Crippen molar-refractivity contribution >= 4 is 15.8 Å². The monoisotopic (exact) mass is 386 g/mol. The molecular formula is C12H30N2NiO4P2. The van der Waals surface area contributed by atoms with Gasteiger partial charge in [-0.1, -0.05) is 41.5 Å². The van der Waals surface area contributed by atoms with Crippen LogP contribution < -0.4 is 0 Å². The van der Waals surface area contributed by atoms with E-state index in [0.29, 0.717) is 15.8 Å². The van der Waals surface area contributed by atoms with E-state index in [2.05, 4.69) is 57.2 Å². The van der Waals surface area contributed by atoms with E-state index in [1.54, 1.807) is 0 Å². The summed E-state index contributed by atoms with van der Waals surface area (Å²) in [4.78, 5) is 16.6. The Balaban J connectivity index is -0.0000000973. The van der Waals surface area contributed by atoms with Gasteiger partial charge in [-0.05, 0) is 37.0 Å². The van der Waals surface area contributed by atoms with E-state index >= 15 is 0 Å². The molecule has 0 radical (unpaired) electrons. The zero-order chi connectivity index (χ0) is 17.7. The van der Waals surface area contributed by atoms with Crippen LogP contribution in [0.3, 0.4) is 0 Å². The number of nitrogens with zero attached hydrogens (tertiary/aromatic N) is 2. The molecule has 0 aliphatic rings. The molecule has 0 bridgehead atoms. The first-order valence-electron chi connectivity index (χ1n) is 7.01. The molecule has 0 aliphatic heterocycles. The van der Waals surface area contributed by atoms with Gasteiger partial charge in [0.1, 0.15) is 0 Å². The molecule has 0 fully saturated rings.